The summed E-state index contributed by atoms with van der Waals surface area (Å²) in [5, 5.41) is 5.77. The number of fused-ring (bicyclic) bond motifs is 1. The Kier molecular flexibility index (Phi) is 5.25. The van der Waals surface area contributed by atoms with Gasteiger partial charge in [0.05, 0.1) is 17.8 Å². The van der Waals surface area contributed by atoms with Crippen molar-refractivity contribution in [2.75, 3.05) is 13.1 Å². The zero-order valence-electron chi connectivity index (χ0n) is 18.3. The number of nitrogens with zero attached hydrogens (tertiary/aromatic N) is 4. The second-order valence-electron chi connectivity index (χ2n) is 8.51. The van der Waals surface area contributed by atoms with E-state index in [2.05, 4.69) is 27.3 Å². The van der Waals surface area contributed by atoms with Gasteiger partial charge in [0, 0.05) is 42.1 Å². The molecule has 0 atom stereocenters. The van der Waals surface area contributed by atoms with Gasteiger partial charge < -0.3 is 9.88 Å². The minimum atomic E-state index is -0.280. The standard InChI is InChI=1S/C25H26FN5O/c1-16-22(17(2)31(29-16)20-7-5-19(26)6-8-20)14-24(32)30-12-9-18(10-13-30)23-15-28-25-21(23)4-3-11-27-25/h3-8,11,15,18H,9-10,12-14H2,1-2H3,(H,27,28). The van der Waals surface area contributed by atoms with Gasteiger partial charge in [0.25, 0.3) is 0 Å². The van der Waals surface area contributed by atoms with Crippen LogP contribution in [0, 0.1) is 19.7 Å². The Morgan fingerprint density at radius 1 is 1.16 bits per heavy atom. The molecule has 1 aliphatic heterocycles. The number of pyridine rings is 1. The van der Waals surface area contributed by atoms with E-state index in [9.17, 15) is 9.18 Å². The third-order valence-electron chi connectivity index (χ3n) is 6.61. The van der Waals surface area contributed by atoms with Crippen molar-refractivity contribution in [2.45, 2.75) is 39.0 Å². The molecule has 7 heteroatoms. The van der Waals surface area contributed by atoms with Gasteiger partial charge in [0.1, 0.15) is 11.5 Å². The monoisotopic (exact) mass is 431 g/mol. The molecule has 6 nitrogen and oxygen atoms in total. The molecule has 1 saturated heterocycles. The second kappa shape index (κ2) is 8.22. The zero-order valence-corrected chi connectivity index (χ0v) is 18.3. The maximum absolute atomic E-state index is 13.3. The molecule has 0 radical (unpaired) electrons. The zero-order chi connectivity index (χ0) is 22.2. The van der Waals surface area contributed by atoms with Gasteiger partial charge in [-0.15, -0.1) is 0 Å². The van der Waals surface area contributed by atoms with Crippen molar-refractivity contribution in [1.29, 1.82) is 0 Å². The average molecular weight is 432 g/mol. The number of rotatable bonds is 4. The number of halogens is 1. The molecule has 1 fully saturated rings. The Hall–Kier alpha value is -3.48. The average Bonchev–Trinajstić information content (AvgIpc) is 3.36. The summed E-state index contributed by atoms with van der Waals surface area (Å²) in [7, 11) is 0. The number of aromatic amines is 1. The Labute approximate surface area is 186 Å². The smallest absolute Gasteiger partial charge is 0.227 e. The van der Waals surface area contributed by atoms with Crippen LogP contribution in [-0.2, 0) is 11.2 Å². The lowest BCUT2D eigenvalue weighted by Crippen LogP contribution is -2.38. The first kappa shape index (κ1) is 20.4. The number of aromatic nitrogens is 4. The Bertz CT molecular complexity index is 1270. The van der Waals surface area contributed by atoms with Crippen molar-refractivity contribution in [3.05, 3.63) is 77.1 Å². The molecule has 3 aromatic heterocycles. The minimum absolute atomic E-state index is 0.133. The van der Waals surface area contributed by atoms with E-state index in [1.807, 2.05) is 24.8 Å². The number of carbonyl (C=O) groups is 1. The first-order valence-corrected chi connectivity index (χ1v) is 11.0. The number of aryl methyl sites for hydroxylation is 1. The minimum Gasteiger partial charge on any atom is -0.346 e. The van der Waals surface area contributed by atoms with Gasteiger partial charge in [0.2, 0.25) is 5.91 Å². The van der Waals surface area contributed by atoms with Crippen LogP contribution in [0.4, 0.5) is 4.39 Å². The van der Waals surface area contributed by atoms with E-state index < -0.39 is 0 Å². The SMILES string of the molecule is Cc1nn(-c2ccc(F)cc2)c(C)c1CC(=O)N1CCC(c2c[nH]c3ncccc23)CC1. The van der Waals surface area contributed by atoms with Gasteiger partial charge in [-0.25, -0.2) is 14.1 Å². The fourth-order valence-electron chi connectivity index (χ4n) is 4.78. The number of likely N-dealkylation sites (tertiary alicyclic amines) is 1. The molecule has 1 amide bonds. The molecule has 4 heterocycles. The largest absolute Gasteiger partial charge is 0.346 e. The van der Waals surface area contributed by atoms with Crippen molar-refractivity contribution < 1.29 is 9.18 Å². The highest BCUT2D eigenvalue weighted by Crippen LogP contribution is 2.33. The fraction of sp³-hybridized carbons (Fsp3) is 0.320. The first-order valence-electron chi connectivity index (χ1n) is 11.0. The summed E-state index contributed by atoms with van der Waals surface area (Å²) >= 11 is 0. The second-order valence-corrected chi connectivity index (χ2v) is 8.51. The molecule has 0 unspecified atom stereocenters. The summed E-state index contributed by atoms with van der Waals surface area (Å²) in [6.07, 6.45) is 6.09. The molecule has 0 aliphatic carbocycles. The quantitative estimate of drug-likeness (QED) is 0.519. The van der Waals surface area contributed by atoms with Crippen LogP contribution in [0.1, 0.15) is 41.3 Å². The van der Waals surface area contributed by atoms with E-state index in [1.165, 1.54) is 23.1 Å². The van der Waals surface area contributed by atoms with Crippen molar-refractivity contribution in [3.8, 4) is 5.69 Å². The molecule has 4 aromatic rings. The van der Waals surface area contributed by atoms with Crippen LogP contribution in [0.5, 0.6) is 0 Å². The number of benzene rings is 1. The Morgan fingerprint density at radius 2 is 1.91 bits per heavy atom. The van der Waals surface area contributed by atoms with Gasteiger partial charge in [-0.05, 0) is 74.6 Å². The molecule has 1 aromatic carbocycles. The highest BCUT2D eigenvalue weighted by molar-refractivity contribution is 5.81. The normalized spacial score (nSPS) is 14.9. The van der Waals surface area contributed by atoms with E-state index >= 15 is 0 Å². The summed E-state index contributed by atoms with van der Waals surface area (Å²) in [5.41, 5.74) is 5.71. The predicted octanol–water partition coefficient (Wildman–Crippen LogP) is 4.45. The van der Waals surface area contributed by atoms with Crippen LogP contribution in [-0.4, -0.2) is 43.6 Å². The lowest BCUT2D eigenvalue weighted by Gasteiger charge is -2.32. The summed E-state index contributed by atoms with van der Waals surface area (Å²) in [4.78, 5) is 22.7. The fourth-order valence-corrected chi connectivity index (χ4v) is 4.78. The number of hydrogen-bond donors (Lipinski definition) is 1. The van der Waals surface area contributed by atoms with Crippen LogP contribution in [0.25, 0.3) is 16.7 Å². The van der Waals surface area contributed by atoms with Gasteiger partial charge in [-0.2, -0.15) is 5.10 Å². The summed E-state index contributed by atoms with van der Waals surface area (Å²) in [5.74, 6) is 0.286. The molecule has 5 rings (SSSR count). The number of hydrogen-bond acceptors (Lipinski definition) is 3. The summed E-state index contributed by atoms with van der Waals surface area (Å²) < 4.78 is 15.1. The lowest BCUT2D eigenvalue weighted by atomic mass is 9.89. The molecular weight excluding hydrogens is 405 g/mol. The molecule has 0 spiro atoms. The molecule has 0 bridgehead atoms. The van der Waals surface area contributed by atoms with E-state index in [0.717, 1.165) is 54.2 Å². The van der Waals surface area contributed by atoms with Gasteiger partial charge in [-0.3, -0.25) is 4.79 Å². The Balaban J connectivity index is 1.27. The molecular formula is C25H26FN5O. The predicted molar refractivity (Wildman–Crippen MR) is 121 cm³/mol. The number of piperidine rings is 1. The van der Waals surface area contributed by atoms with Crippen LogP contribution in [0.15, 0.2) is 48.8 Å². The summed E-state index contributed by atoms with van der Waals surface area (Å²) in [6, 6.07) is 10.3. The molecule has 1 N–H and O–H groups in total. The van der Waals surface area contributed by atoms with E-state index in [4.69, 9.17) is 0 Å². The maximum Gasteiger partial charge on any atom is 0.227 e. The third-order valence-corrected chi connectivity index (χ3v) is 6.61. The topological polar surface area (TPSA) is 66.8 Å². The van der Waals surface area contributed by atoms with Gasteiger partial charge in [0.15, 0.2) is 0 Å². The first-order chi connectivity index (χ1) is 15.5. The van der Waals surface area contributed by atoms with Crippen LogP contribution < -0.4 is 0 Å². The lowest BCUT2D eigenvalue weighted by molar-refractivity contribution is -0.131. The highest BCUT2D eigenvalue weighted by atomic mass is 19.1. The van der Waals surface area contributed by atoms with Crippen LogP contribution in [0.2, 0.25) is 0 Å². The van der Waals surface area contributed by atoms with Crippen LogP contribution >= 0.6 is 0 Å². The highest BCUT2D eigenvalue weighted by Gasteiger charge is 2.27. The number of carbonyl (C=O) groups excluding carboxylic acids is 1. The summed E-state index contributed by atoms with van der Waals surface area (Å²) in [6.45, 7) is 5.39. The van der Waals surface area contributed by atoms with Crippen molar-refractivity contribution in [2.24, 2.45) is 0 Å². The van der Waals surface area contributed by atoms with Crippen molar-refractivity contribution in [3.63, 3.8) is 0 Å². The van der Waals surface area contributed by atoms with Crippen molar-refractivity contribution >= 4 is 16.9 Å². The number of amides is 1. The number of nitrogens with one attached hydrogen (secondary N) is 1. The van der Waals surface area contributed by atoms with E-state index in [-0.39, 0.29) is 11.7 Å². The third kappa shape index (κ3) is 3.68. The Morgan fingerprint density at radius 3 is 2.66 bits per heavy atom. The maximum atomic E-state index is 13.3. The number of H-pyrrole nitrogens is 1. The van der Waals surface area contributed by atoms with Crippen LogP contribution in [0.3, 0.4) is 0 Å². The van der Waals surface area contributed by atoms with Gasteiger partial charge in [-0.1, -0.05) is 0 Å². The van der Waals surface area contributed by atoms with Crippen molar-refractivity contribution in [1.82, 2.24) is 24.6 Å². The molecule has 164 valence electrons. The molecule has 32 heavy (non-hydrogen) atoms. The van der Waals surface area contributed by atoms with E-state index in [0.29, 0.717) is 12.3 Å². The van der Waals surface area contributed by atoms with Gasteiger partial charge >= 0.3 is 0 Å². The molecule has 0 saturated carbocycles. The molecule has 1 aliphatic rings. The van der Waals surface area contributed by atoms with E-state index in [1.54, 1.807) is 23.0 Å².